The second-order valence-electron chi connectivity index (χ2n) is 5.21. The Labute approximate surface area is 129 Å². The Morgan fingerprint density at radius 2 is 2.00 bits per heavy atom. The van der Waals surface area contributed by atoms with E-state index >= 15 is 0 Å². The number of aliphatic carboxylic acids is 1. The first-order valence-corrected chi connectivity index (χ1v) is 7.09. The lowest BCUT2D eigenvalue weighted by Crippen LogP contribution is -2.34. The Balaban J connectivity index is 2.07. The molecule has 1 atom stereocenters. The minimum absolute atomic E-state index is 0.183. The Hall–Kier alpha value is -2.56. The molecule has 2 N–H and O–H groups in total. The van der Waals surface area contributed by atoms with Gasteiger partial charge in [0.1, 0.15) is 5.76 Å². The van der Waals surface area contributed by atoms with E-state index in [0.717, 1.165) is 11.1 Å². The number of aryl methyl sites for hydroxylation is 2. The molecule has 5 nitrogen and oxygen atoms in total. The van der Waals surface area contributed by atoms with Crippen molar-refractivity contribution in [3.05, 3.63) is 59.0 Å². The van der Waals surface area contributed by atoms with Crippen molar-refractivity contribution in [3.63, 3.8) is 0 Å². The molecule has 0 aliphatic heterocycles. The molecule has 0 fully saturated rings. The van der Waals surface area contributed by atoms with Crippen molar-refractivity contribution < 1.29 is 19.1 Å². The number of rotatable bonds is 6. The summed E-state index contributed by atoms with van der Waals surface area (Å²) in [5.74, 6) is -0.682. The summed E-state index contributed by atoms with van der Waals surface area (Å²) < 4.78 is 5.16. The predicted molar refractivity (Wildman–Crippen MR) is 81.5 cm³/mol. The fourth-order valence-corrected chi connectivity index (χ4v) is 2.28. The van der Waals surface area contributed by atoms with Crippen LogP contribution in [-0.4, -0.2) is 17.0 Å². The maximum absolute atomic E-state index is 12.0. The van der Waals surface area contributed by atoms with Gasteiger partial charge in [-0.25, -0.2) is 4.79 Å². The van der Waals surface area contributed by atoms with Crippen LogP contribution < -0.4 is 5.32 Å². The molecule has 0 saturated carbocycles. The Morgan fingerprint density at radius 1 is 1.23 bits per heavy atom. The van der Waals surface area contributed by atoms with Crippen LogP contribution in [0.25, 0.3) is 0 Å². The van der Waals surface area contributed by atoms with Crippen molar-refractivity contribution in [2.45, 2.75) is 32.7 Å². The van der Waals surface area contributed by atoms with E-state index in [1.165, 1.54) is 0 Å². The minimum Gasteiger partial charge on any atom is -0.479 e. The summed E-state index contributed by atoms with van der Waals surface area (Å²) in [6, 6.07) is 7.94. The molecule has 1 heterocycles. The third kappa shape index (κ3) is 3.75. The zero-order valence-electron chi connectivity index (χ0n) is 12.6. The van der Waals surface area contributed by atoms with Crippen LogP contribution in [0.1, 0.15) is 34.9 Å². The molecule has 1 amide bonds. The first-order valence-electron chi connectivity index (χ1n) is 7.09. The highest BCUT2D eigenvalue weighted by atomic mass is 16.4. The quantitative estimate of drug-likeness (QED) is 0.860. The fraction of sp³-hybridized carbons (Fsp3) is 0.294. The molecule has 0 saturated heterocycles. The van der Waals surface area contributed by atoms with Gasteiger partial charge >= 0.3 is 5.97 Å². The van der Waals surface area contributed by atoms with Crippen molar-refractivity contribution in [1.29, 1.82) is 0 Å². The molecular weight excluding hydrogens is 282 g/mol. The van der Waals surface area contributed by atoms with Crippen LogP contribution in [0.4, 0.5) is 0 Å². The molecule has 116 valence electrons. The number of carboxylic acids is 1. The molecule has 0 radical (unpaired) electrons. The Bertz CT molecular complexity index is 661. The summed E-state index contributed by atoms with van der Waals surface area (Å²) in [6.45, 7) is 3.77. The Kier molecular flexibility index (Phi) is 4.99. The molecule has 0 bridgehead atoms. The minimum atomic E-state index is -1.07. The van der Waals surface area contributed by atoms with Gasteiger partial charge in [0.2, 0.25) is 5.91 Å². The summed E-state index contributed by atoms with van der Waals surface area (Å²) in [6.07, 6.45) is 2.17. The van der Waals surface area contributed by atoms with Crippen molar-refractivity contribution in [1.82, 2.24) is 5.32 Å². The van der Waals surface area contributed by atoms with Gasteiger partial charge in [0, 0.05) is 12.8 Å². The van der Waals surface area contributed by atoms with Gasteiger partial charge in [-0.3, -0.25) is 4.79 Å². The molecule has 0 spiro atoms. The standard InChI is InChI=1S/C17H19NO4/c1-11-5-3-7-14(12(11)2)16(17(20)21)18-15(19)9-8-13-6-4-10-22-13/h3-7,10,16H,8-9H2,1-2H3,(H,18,19)(H,20,21). The highest BCUT2D eigenvalue weighted by molar-refractivity contribution is 5.85. The number of carbonyl (C=O) groups excluding carboxylic acids is 1. The van der Waals surface area contributed by atoms with E-state index in [-0.39, 0.29) is 12.3 Å². The van der Waals surface area contributed by atoms with Crippen molar-refractivity contribution >= 4 is 11.9 Å². The molecule has 0 aliphatic carbocycles. The average molecular weight is 301 g/mol. The predicted octanol–water partition coefficient (Wildman–Crippen LogP) is 2.77. The van der Waals surface area contributed by atoms with E-state index in [1.807, 2.05) is 19.9 Å². The second kappa shape index (κ2) is 6.93. The lowest BCUT2D eigenvalue weighted by atomic mass is 9.97. The van der Waals surface area contributed by atoms with Gasteiger partial charge in [0.15, 0.2) is 6.04 Å². The maximum atomic E-state index is 12.0. The smallest absolute Gasteiger partial charge is 0.330 e. The van der Waals surface area contributed by atoms with E-state index in [4.69, 9.17) is 4.42 Å². The van der Waals surface area contributed by atoms with Gasteiger partial charge < -0.3 is 14.8 Å². The van der Waals surface area contributed by atoms with Gasteiger partial charge in [0.05, 0.1) is 6.26 Å². The summed E-state index contributed by atoms with van der Waals surface area (Å²) in [5.41, 5.74) is 2.48. The third-order valence-corrected chi connectivity index (χ3v) is 3.69. The SMILES string of the molecule is Cc1cccc(C(NC(=O)CCc2ccco2)C(=O)O)c1C. The van der Waals surface area contributed by atoms with E-state index in [9.17, 15) is 14.7 Å². The van der Waals surface area contributed by atoms with Crippen LogP contribution in [-0.2, 0) is 16.0 Å². The van der Waals surface area contributed by atoms with Crippen LogP contribution in [0.5, 0.6) is 0 Å². The first-order chi connectivity index (χ1) is 10.5. The van der Waals surface area contributed by atoms with Gasteiger partial charge in [-0.05, 0) is 42.7 Å². The van der Waals surface area contributed by atoms with Crippen molar-refractivity contribution in [2.75, 3.05) is 0 Å². The molecule has 22 heavy (non-hydrogen) atoms. The molecule has 2 rings (SSSR count). The maximum Gasteiger partial charge on any atom is 0.330 e. The van der Waals surface area contributed by atoms with Crippen molar-refractivity contribution in [3.8, 4) is 0 Å². The number of nitrogens with one attached hydrogen (secondary N) is 1. The van der Waals surface area contributed by atoms with Gasteiger partial charge in [-0.1, -0.05) is 18.2 Å². The molecule has 5 heteroatoms. The largest absolute Gasteiger partial charge is 0.479 e. The average Bonchev–Trinajstić information content (AvgIpc) is 2.99. The number of hydrogen-bond acceptors (Lipinski definition) is 3. The number of hydrogen-bond donors (Lipinski definition) is 2. The van der Waals surface area contributed by atoms with Gasteiger partial charge in [-0.2, -0.15) is 0 Å². The zero-order chi connectivity index (χ0) is 16.1. The zero-order valence-corrected chi connectivity index (χ0v) is 12.6. The van der Waals surface area contributed by atoms with Crippen LogP contribution in [0.3, 0.4) is 0 Å². The first kappa shape index (κ1) is 15.8. The highest BCUT2D eigenvalue weighted by Gasteiger charge is 2.24. The molecule has 1 aromatic heterocycles. The third-order valence-electron chi connectivity index (χ3n) is 3.69. The molecule has 2 aromatic rings. The molecule has 1 aromatic carbocycles. The summed E-state index contributed by atoms with van der Waals surface area (Å²) in [5, 5.41) is 12.0. The van der Waals surface area contributed by atoms with E-state index < -0.39 is 12.0 Å². The van der Waals surface area contributed by atoms with E-state index in [1.54, 1.807) is 30.5 Å². The summed E-state index contributed by atoms with van der Waals surface area (Å²) in [7, 11) is 0. The number of benzene rings is 1. The molecule has 1 unspecified atom stereocenters. The fourth-order valence-electron chi connectivity index (χ4n) is 2.28. The lowest BCUT2D eigenvalue weighted by Gasteiger charge is -2.18. The number of amides is 1. The number of furan rings is 1. The summed E-state index contributed by atoms with van der Waals surface area (Å²) in [4.78, 5) is 23.5. The molecule has 0 aliphatic rings. The lowest BCUT2D eigenvalue weighted by molar-refractivity contribution is -0.142. The Morgan fingerprint density at radius 3 is 2.64 bits per heavy atom. The van der Waals surface area contributed by atoms with Crippen LogP contribution in [0.2, 0.25) is 0 Å². The van der Waals surface area contributed by atoms with Crippen LogP contribution in [0, 0.1) is 13.8 Å². The van der Waals surface area contributed by atoms with E-state index in [2.05, 4.69) is 5.32 Å². The van der Waals surface area contributed by atoms with E-state index in [0.29, 0.717) is 17.7 Å². The monoisotopic (exact) mass is 301 g/mol. The number of carboxylic acid groups (broad SMARTS) is 1. The topological polar surface area (TPSA) is 79.5 Å². The van der Waals surface area contributed by atoms with Crippen molar-refractivity contribution in [2.24, 2.45) is 0 Å². The molecular formula is C17H19NO4. The second-order valence-corrected chi connectivity index (χ2v) is 5.21. The highest BCUT2D eigenvalue weighted by Crippen LogP contribution is 2.21. The van der Waals surface area contributed by atoms with Crippen LogP contribution >= 0.6 is 0 Å². The normalized spacial score (nSPS) is 11.9. The van der Waals surface area contributed by atoms with Crippen LogP contribution in [0.15, 0.2) is 41.0 Å². The van der Waals surface area contributed by atoms with Gasteiger partial charge in [0.25, 0.3) is 0 Å². The summed E-state index contributed by atoms with van der Waals surface area (Å²) >= 11 is 0. The number of carbonyl (C=O) groups is 2. The van der Waals surface area contributed by atoms with Gasteiger partial charge in [-0.15, -0.1) is 0 Å².